The van der Waals surface area contributed by atoms with E-state index in [0.29, 0.717) is 0 Å². The standard InChI is InChI=1S/C19H26IOSi/c1-4-22(2,3)16-8-15-21-19-13-11-18(12-14-19)20-17-9-6-5-7-10-17/h5-7,9-14H,4,8,15-16H2,1-3H3/q+1. The monoisotopic (exact) mass is 425 g/mol. The van der Waals surface area contributed by atoms with Gasteiger partial charge >= 0.3 is 21.2 Å². The van der Waals surface area contributed by atoms with Crippen LogP contribution in [0.25, 0.3) is 0 Å². The van der Waals surface area contributed by atoms with Gasteiger partial charge in [0.15, 0.2) is 7.14 Å². The maximum Gasteiger partial charge on any atom is 0.357 e. The minimum atomic E-state index is -0.943. The number of rotatable bonds is 8. The van der Waals surface area contributed by atoms with Gasteiger partial charge in [0.25, 0.3) is 0 Å². The van der Waals surface area contributed by atoms with Crippen LogP contribution in [0.4, 0.5) is 0 Å². The zero-order valence-electron chi connectivity index (χ0n) is 13.8. The first kappa shape index (κ1) is 17.5. The molecule has 22 heavy (non-hydrogen) atoms. The molecule has 0 heterocycles. The summed E-state index contributed by atoms with van der Waals surface area (Å²) in [4.78, 5) is 0. The highest BCUT2D eigenvalue weighted by molar-refractivity contribution is 6.77. The predicted molar refractivity (Wildman–Crippen MR) is 93.2 cm³/mol. The van der Waals surface area contributed by atoms with Crippen LogP contribution < -0.4 is 25.9 Å². The van der Waals surface area contributed by atoms with Crippen molar-refractivity contribution in [1.82, 2.24) is 0 Å². The Kier molecular flexibility index (Phi) is 6.95. The van der Waals surface area contributed by atoms with Crippen molar-refractivity contribution in [1.29, 1.82) is 0 Å². The average Bonchev–Trinajstić information content (AvgIpc) is 2.54. The Labute approximate surface area is 146 Å². The fourth-order valence-corrected chi connectivity index (χ4v) is 5.78. The van der Waals surface area contributed by atoms with E-state index >= 15 is 0 Å². The Morgan fingerprint density at radius 3 is 2.18 bits per heavy atom. The number of benzene rings is 2. The summed E-state index contributed by atoms with van der Waals surface area (Å²) in [5.74, 6) is 1.01. The third-order valence-electron chi connectivity index (χ3n) is 3.99. The van der Waals surface area contributed by atoms with Gasteiger partial charge < -0.3 is 4.74 Å². The Morgan fingerprint density at radius 1 is 0.909 bits per heavy atom. The van der Waals surface area contributed by atoms with Crippen molar-refractivity contribution in [3.63, 3.8) is 0 Å². The lowest BCUT2D eigenvalue weighted by molar-refractivity contribution is -0.597. The van der Waals surface area contributed by atoms with Gasteiger partial charge in [-0.1, -0.05) is 50.3 Å². The van der Waals surface area contributed by atoms with Gasteiger partial charge in [-0.05, 0) is 42.8 Å². The molecular weight excluding hydrogens is 399 g/mol. The number of hydrogen-bond donors (Lipinski definition) is 0. The molecule has 0 spiro atoms. The third kappa shape index (κ3) is 6.13. The predicted octanol–water partition coefficient (Wildman–Crippen LogP) is 2.31. The van der Waals surface area contributed by atoms with Gasteiger partial charge in [0.05, 0.1) is 6.61 Å². The average molecular weight is 425 g/mol. The normalized spacial score (nSPS) is 11.4. The summed E-state index contributed by atoms with van der Waals surface area (Å²) in [5, 5.41) is 0. The van der Waals surface area contributed by atoms with Crippen molar-refractivity contribution < 1.29 is 25.9 Å². The highest BCUT2D eigenvalue weighted by Crippen LogP contribution is 2.17. The largest absolute Gasteiger partial charge is 0.494 e. The van der Waals surface area contributed by atoms with Gasteiger partial charge in [0, 0.05) is 8.07 Å². The second-order valence-corrected chi connectivity index (χ2v) is 14.9. The molecule has 0 aliphatic rings. The van der Waals surface area contributed by atoms with Crippen LogP contribution in [0.15, 0.2) is 54.6 Å². The smallest absolute Gasteiger partial charge is 0.357 e. The van der Waals surface area contributed by atoms with E-state index in [4.69, 9.17) is 4.74 Å². The molecule has 0 bridgehead atoms. The second kappa shape index (κ2) is 8.72. The molecule has 0 N–H and O–H groups in total. The van der Waals surface area contributed by atoms with E-state index in [1.165, 1.54) is 25.6 Å². The molecule has 2 rings (SSSR count). The molecule has 118 valence electrons. The number of ether oxygens (including phenoxy) is 1. The molecule has 0 atom stereocenters. The van der Waals surface area contributed by atoms with E-state index in [0.717, 1.165) is 12.4 Å². The molecule has 0 unspecified atom stereocenters. The van der Waals surface area contributed by atoms with E-state index < -0.39 is 8.07 Å². The second-order valence-electron chi connectivity index (χ2n) is 6.31. The summed E-state index contributed by atoms with van der Waals surface area (Å²) >= 11 is -0.0691. The molecule has 0 saturated heterocycles. The molecule has 0 radical (unpaired) electrons. The molecule has 0 fully saturated rings. The summed E-state index contributed by atoms with van der Waals surface area (Å²) in [7, 11) is -0.943. The quantitative estimate of drug-likeness (QED) is 0.358. The first-order chi connectivity index (χ1) is 10.6. The van der Waals surface area contributed by atoms with Gasteiger partial charge in [-0.25, -0.2) is 0 Å². The van der Waals surface area contributed by atoms with Crippen LogP contribution in [0.5, 0.6) is 5.75 Å². The Morgan fingerprint density at radius 2 is 1.55 bits per heavy atom. The summed E-state index contributed by atoms with van der Waals surface area (Å²) in [6, 6.07) is 22.2. The van der Waals surface area contributed by atoms with Crippen molar-refractivity contribution in [2.24, 2.45) is 0 Å². The third-order valence-corrected chi connectivity index (χ3v) is 10.3. The zero-order chi connectivity index (χ0) is 15.8. The highest BCUT2D eigenvalue weighted by atomic mass is 127. The summed E-state index contributed by atoms with van der Waals surface area (Å²) < 4.78 is 8.79. The molecule has 0 aliphatic carbocycles. The van der Waals surface area contributed by atoms with Crippen molar-refractivity contribution in [2.45, 2.75) is 38.5 Å². The molecular formula is C19H26IOSi+. The topological polar surface area (TPSA) is 9.23 Å². The molecule has 2 aromatic carbocycles. The van der Waals surface area contributed by atoms with Crippen LogP contribution in [0.1, 0.15) is 13.3 Å². The SMILES string of the molecule is CC[Si](C)(C)CCCOc1ccc([I+]c2ccccc2)cc1. The Balaban J connectivity index is 1.77. The Hall–Kier alpha value is -0.813. The van der Waals surface area contributed by atoms with Gasteiger partial charge in [-0.2, -0.15) is 0 Å². The fraction of sp³-hybridized carbons (Fsp3) is 0.368. The number of hydrogen-bond acceptors (Lipinski definition) is 1. The van der Waals surface area contributed by atoms with E-state index in [2.05, 4.69) is 74.6 Å². The molecule has 0 amide bonds. The Bertz CT molecular complexity index is 551. The molecule has 0 saturated carbocycles. The van der Waals surface area contributed by atoms with E-state index in [9.17, 15) is 0 Å². The van der Waals surface area contributed by atoms with Crippen molar-refractivity contribution in [3.8, 4) is 5.75 Å². The van der Waals surface area contributed by atoms with Gasteiger partial charge in [-0.3, -0.25) is 0 Å². The summed E-state index contributed by atoms with van der Waals surface area (Å²) in [6.07, 6.45) is 1.19. The molecule has 3 heteroatoms. The van der Waals surface area contributed by atoms with Crippen molar-refractivity contribution in [3.05, 3.63) is 61.7 Å². The lowest BCUT2D eigenvalue weighted by Crippen LogP contribution is -3.61. The van der Waals surface area contributed by atoms with Crippen LogP contribution in [-0.2, 0) is 0 Å². The minimum Gasteiger partial charge on any atom is -0.494 e. The van der Waals surface area contributed by atoms with Crippen LogP contribution in [-0.4, -0.2) is 14.7 Å². The maximum atomic E-state index is 5.89. The molecule has 0 aromatic heterocycles. The summed E-state index contributed by atoms with van der Waals surface area (Å²) in [6.45, 7) is 8.11. The van der Waals surface area contributed by atoms with E-state index in [1.54, 1.807) is 0 Å². The van der Waals surface area contributed by atoms with Crippen LogP contribution >= 0.6 is 0 Å². The molecule has 0 aliphatic heterocycles. The van der Waals surface area contributed by atoms with E-state index in [1.807, 2.05) is 0 Å². The van der Waals surface area contributed by atoms with Gasteiger partial charge in [0.1, 0.15) is 5.75 Å². The summed E-state index contributed by atoms with van der Waals surface area (Å²) in [5.41, 5.74) is 0. The molecule has 2 aromatic rings. The molecule has 1 nitrogen and oxygen atoms in total. The van der Waals surface area contributed by atoms with Crippen LogP contribution in [0.3, 0.4) is 0 Å². The number of halogens is 1. The zero-order valence-corrected chi connectivity index (χ0v) is 17.0. The van der Waals surface area contributed by atoms with Gasteiger partial charge in [-0.15, -0.1) is 0 Å². The fourth-order valence-electron chi connectivity index (χ4n) is 2.11. The van der Waals surface area contributed by atoms with Crippen LogP contribution in [0.2, 0.25) is 25.2 Å². The van der Waals surface area contributed by atoms with Crippen molar-refractivity contribution >= 4 is 8.07 Å². The first-order valence-corrected chi connectivity index (χ1v) is 13.6. The lowest BCUT2D eigenvalue weighted by Gasteiger charge is -2.19. The lowest BCUT2D eigenvalue weighted by atomic mass is 10.3. The van der Waals surface area contributed by atoms with Crippen molar-refractivity contribution in [2.75, 3.05) is 6.61 Å². The van der Waals surface area contributed by atoms with Crippen LogP contribution in [0, 0.1) is 7.14 Å². The minimum absolute atomic E-state index is 0.0691. The first-order valence-electron chi connectivity index (χ1n) is 8.02. The van der Waals surface area contributed by atoms with Gasteiger partial charge in [0.2, 0.25) is 0 Å². The van der Waals surface area contributed by atoms with E-state index in [-0.39, 0.29) is 21.2 Å². The highest BCUT2D eigenvalue weighted by Gasteiger charge is 2.17. The maximum absolute atomic E-state index is 5.89.